The van der Waals surface area contributed by atoms with Crippen LogP contribution in [0, 0.1) is 0 Å². The van der Waals surface area contributed by atoms with Gasteiger partial charge in [0.05, 0.1) is 5.02 Å². The summed E-state index contributed by atoms with van der Waals surface area (Å²) < 4.78 is 5.82. The zero-order valence-electron chi connectivity index (χ0n) is 12.1. The Labute approximate surface area is 140 Å². The summed E-state index contributed by atoms with van der Waals surface area (Å²) in [5.74, 6) is 1.78. The van der Waals surface area contributed by atoms with E-state index in [9.17, 15) is 5.11 Å². The predicted molar refractivity (Wildman–Crippen MR) is 90.9 cm³/mol. The molecule has 2 rings (SSSR count). The summed E-state index contributed by atoms with van der Waals surface area (Å²) in [4.78, 5) is 0. The van der Waals surface area contributed by atoms with Crippen molar-refractivity contribution in [2.75, 3.05) is 25.4 Å². The molecule has 0 amide bonds. The first-order valence-electron chi connectivity index (χ1n) is 7.09. The van der Waals surface area contributed by atoms with E-state index in [0.29, 0.717) is 27.1 Å². The van der Waals surface area contributed by atoms with Gasteiger partial charge >= 0.3 is 0 Å². The third-order valence-corrected chi connectivity index (χ3v) is 5.57. The molecule has 21 heavy (non-hydrogen) atoms. The molecule has 1 aliphatic rings. The Kier molecular flexibility index (Phi) is 6.51. The SMILES string of the molecule is CC1(CNCC(O)COc2ccc(Cl)cc2Cl)CCCS1. The Bertz CT molecular complexity index is 467. The number of aliphatic hydroxyl groups is 1. The molecule has 1 aliphatic heterocycles. The molecule has 2 atom stereocenters. The van der Waals surface area contributed by atoms with Crippen molar-refractivity contribution in [2.24, 2.45) is 0 Å². The van der Waals surface area contributed by atoms with Crippen LogP contribution in [0.2, 0.25) is 10.0 Å². The fourth-order valence-electron chi connectivity index (χ4n) is 2.32. The number of nitrogens with one attached hydrogen (secondary N) is 1. The smallest absolute Gasteiger partial charge is 0.138 e. The third kappa shape index (κ3) is 5.53. The van der Waals surface area contributed by atoms with Crippen LogP contribution in [0.25, 0.3) is 0 Å². The quantitative estimate of drug-likeness (QED) is 0.788. The second kappa shape index (κ2) is 7.93. The average molecular weight is 350 g/mol. The van der Waals surface area contributed by atoms with Gasteiger partial charge in [0.25, 0.3) is 0 Å². The minimum absolute atomic E-state index is 0.207. The van der Waals surface area contributed by atoms with Crippen LogP contribution in [0.3, 0.4) is 0 Å². The summed E-state index contributed by atoms with van der Waals surface area (Å²) in [5.41, 5.74) is 0. The Morgan fingerprint density at radius 2 is 2.29 bits per heavy atom. The van der Waals surface area contributed by atoms with Gasteiger partial charge in [0.1, 0.15) is 18.5 Å². The van der Waals surface area contributed by atoms with Gasteiger partial charge in [-0.05, 0) is 43.7 Å². The molecule has 0 spiro atoms. The predicted octanol–water partition coefficient (Wildman–Crippen LogP) is 3.61. The highest BCUT2D eigenvalue weighted by atomic mass is 35.5. The topological polar surface area (TPSA) is 41.5 Å². The first kappa shape index (κ1) is 17.2. The van der Waals surface area contributed by atoms with Crippen LogP contribution in [-0.2, 0) is 0 Å². The van der Waals surface area contributed by atoms with Crippen molar-refractivity contribution in [1.82, 2.24) is 5.32 Å². The molecule has 2 unspecified atom stereocenters. The van der Waals surface area contributed by atoms with Crippen LogP contribution in [0.4, 0.5) is 0 Å². The van der Waals surface area contributed by atoms with Crippen LogP contribution >= 0.6 is 35.0 Å². The lowest BCUT2D eigenvalue weighted by Gasteiger charge is -2.24. The van der Waals surface area contributed by atoms with Crippen molar-refractivity contribution in [2.45, 2.75) is 30.6 Å². The van der Waals surface area contributed by atoms with Crippen molar-refractivity contribution in [3.8, 4) is 5.75 Å². The Hall–Kier alpha value is -0.130. The van der Waals surface area contributed by atoms with Crippen LogP contribution < -0.4 is 10.1 Å². The van der Waals surface area contributed by atoms with E-state index in [1.165, 1.54) is 18.6 Å². The highest BCUT2D eigenvalue weighted by Gasteiger charge is 2.28. The normalized spacial score (nSPS) is 23.2. The molecule has 0 saturated carbocycles. The highest BCUT2D eigenvalue weighted by Crippen LogP contribution is 2.36. The van der Waals surface area contributed by atoms with E-state index in [0.717, 1.165) is 6.54 Å². The van der Waals surface area contributed by atoms with Crippen molar-refractivity contribution in [3.05, 3.63) is 28.2 Å². The van der Waals surface area contributed by atoms with E-state index in [-0.39, 0.29) is 6.61 Å². The minimum Gasteiger partial charge on any atom is -0.489 e. The molecule has 1 aromatic rings. The fourth-order valence-corrected chi connectivity index (χ4v) is 4.05. The zero-order chi connectivity index (χ0) is 15.3. The summed E-state index contributed by atoms with van der Waals surface area (Å²) in [5, 5.41) is 14.3. The van der Waals surface area contributed by atoms with Gasteiger partial charge in [0.15, 0.2) is 0 Å². The molecule has 3 nitrogen and oxygen atoms in total. The Morgan fingerprint density at radius 1 is 1.48 bits per heavy atom. The standard InChI is InChI=1S/C15H21Cl2NO2S/c1-15(5-2-6-21-15)10-18-8-12(19)9-20-14-4-3-11(16)7-13(14)17/h3-4,7,12,18-19H,2,5-6,8-10H2,1H3. The summed E-state index contributed by atoms with van der Waals surface area (Å²) in [6, 6.07) is 5.05. The first-order valence-corrected chi connectivity index (χ1v) is 8.83. The maximum atomic E-state index is 9.95. The van der Waals surface area contributed by atoms with E-state index < -0.39 is 6.10 Å². The van der Waals surface area contributed by atoms with Gasteiger partial charge in [-0.25, -0.2) is 0 Å². The molecule has 1 fully saturated rings. The molecule has 0 radical (unpaired) electrons. The third-order valence-electron chi connectivity index (χ3n) is 3.50. The maximum Gasteiger partial charge on any atom is 0.138 e. The van der Waals surface area contributed by atoms with Gasteiger partial charge in [0, 0.05) is 22.9 Å². The molecule has 2 N–H and O–H groups in total. The Balaban J connectivity index is 1.68. The summed E-state index contributed by atoms with van der Waals surface area (Å²) in [7, 11) is 0. The first-order chi connectivity index (χ1) is 9.98. The van der Waals surface area contributed by atoms with Crippen molar-refractivity contribution < 1.29 is 9.84 Å². The molecule has 118 valence electrons. The number of benzene rings is 1. The molecule has 1 heterocycles. The number of thioether (sulfide) groups is 1. The second-order valence-corrected chi connectivity index (χ2v) is 8.10. The number of aliphatic hydroxyl groups excluding tert-OH is 1. The molecule has 1 saturated heterocycles. The van der Waals surface area contributed by atoms with E-state index in [1.807, 2.05) is 11.8 Å². The fraction of sp³-hybridized carbons (Fsp3) is 0.600. The minimum atomic E-state index is -0.563. The summed E-state index contributed by atoms with van der Waals surface area (Å²) in [6.07, 6.45) is 1.95. The lowest BCUT2D eigenvalue weighted by atomic mass is 10.1. The molecule has 1 aromatic carbocycles. The van der Waals surface area contributed by atoms with E-state index in [4.69, 9.17) is 27.9 Å². The molecular formula is C15H21Cl2NO2S. The number of rotatable bonds is 7. The van der Waals surface area contributed by atoms with Gasteiger partial charge in [-0.2, -0.15) is 11.8 Å². The number of hydrogen-bond acceptors (Lipinski definition) is 4. The van der Waals surface area contributed by atoms with Crippen LogP contribution in [0.1, 0.15) is 19.8 Å². The largest absolute Gasteiger partial charge is 0.489 e. The second-order valence-electron chi connectivity index (χ2n) is 5.57. The number of hydrogen-bond donors (Lipinski definition) is 2. The van der Waals surface area contributed by atoms with Crippen molar-refractivity contribution in [1.29, 1.82) is 0 Å². The maximum absolute atomic E-state index is 9.95. The lowest BCUT2D eigenvalue weighted by molar-refractivity contribution is 0.106. The Morgan fingerprint density at radius 3 is 2.95 bits per heavy atom. The van der Waals surface area contributed by atoms with Gasteiger partial charge in [-0.15, -0.1) is 0 Å². The number of halogens is 2. The van der Waals surface area contributed by atoms with Gasteiger partial charge in [-0.3, -0.25) is 0 Å². The van der Waals surface area contributed by atoms with E-state index in [2.05, 4.69) is 12.2 Å². The monoisotopic (exact) mass is 349 g/mol. The van der Waals surface area contributed by atoms with E-state index >= 15 is 0 Å². The molecule has 6 heteroatoms. The van der Waals surface area contributed by atoms with Crippen molar-refractivity contribution >= 4 is 35.0 Å². The van der Waals surface area contributed by atoms with Crippen molar-refractivity contribution in [3.63, 3.8) is 0 Å². The van der Waals surface area contributed by atoms with Crippen LogP contribution in [0.5, 0.6) is 5.75 Å². The zero-order valence-corrected chi connectivity index (χ0v) is 14.4. The summed E-state index contributed by atoms with van der Waals surface area (Å²) >= 11 is 13.8. The summed E-state index contributed by atoms with van der Waals surface area (Å²) in [6.45, 7) is 3.91. The number of ether oxygens (including phenoxy) is 1. The molecule has 0 aliphatic carbocycles. The molecular weight excluding hydrogens is 329 g/mol. The van der Waals surface area contributed by atoms with Gasteiger partial charge in [0.2, 0.25) is 0 Å². The van der Waals surface area contributed by atoms with Gasteiger partial charge in [-0.1, -0.05) is 23.2 Å². The molecule has 0 aromatic heterocycles. The van der Waals surface area contributed by atoms with Gasteiger partial charge < -0.3 is 15.2 Å². The average Bonchev–Trinajstić information content (AvgIpc) is 2.85. The van der Waals surface area contributed by atoms with Crippen LogP contribution in [0.15, 0.2) is 18.2 Å². The lowest BCUT2D eigenvalue weighted by Crippen LogP contribution is -2.39. The van der Waals surface area contributed by atoms with E-state index in [1.54, 1.807) is 18.2 Å². The van der Waals surface area contributed by atoms with Crippen LogP contribution in [-0.4, -0.2) is 41.4 Å². The molecule has 0 bridgehead atoms. The highest BCUT2D eigenvalue weighted by molar-refractivity contribution is 8.00.